The first-order chi connectivity index (χ1) is 15.0. The van der Waals surface area contributed by atoms with Crippen molar-refractivity contribution in [3.63, 3.8) is 0 Å². The Morgan fingerprint density at radius 2 is 1.87 bits per heavy atom. The Bertz CT molecular complexity index is 821. The van der Waals surface area contributed by atoms with Gasteiger partial charge in [0.05, 0.1) is 12.3 Å². The Kier molecular flexibility index (Phi) is 10.6. The number of nitrogens with zero attached hydrogens (tertiary/aromatic N) is 2. The van der Waals surface area contributed by atoms with E-state index in [9.17, 15) is 9.59 Å². The number of urea groups is 1. The number of rotatable bonds is 12. The van der Waals surface area contributed by atoms with Crippen LogP contribution in [0, 0.1) is 0 Å². The summed E-state index contributed by atoms with van der Waals surface area (Å²) < 4.78 is 4.96. The number of benzene rings is 1. The molecule has 31 heavy (non-hydrogen) atoms. The summed E-state index contributed by atoms with van der Waals surface area (Å²) in [7, 11) is 1.78. The smallest absolute Gasteiger partial charge is 0.321 e. The molecule has 0 aliphatic heterocycles. The third kappa shape index (κ3) is 8.40. The molecule has 0 fully saturated rings. The molecule has 2 amide bonds. The van der Waals surface area contributed by atoms with Crippen LogP contribution in [0.3, 0.4) is 0 Å². The molecular weight excluding hydrogens is 390 g/mol. The predicted octanol–water partition coefficient (Wildman–Crippen LogP) is 5.36. The summed E-state index contributed by atoms with van der Waals surface area (Å²) in [6.45, 7) is 5.10. The minimum atomic E-state index is -0.193. The molecule has 1 aromatic heterocycles. The van der Waals surface area contributed by atoms with Crippen LogP contribution in [0.15, 0.2) is 42.6 Å². The molecular formula is C25H35N3O3. The van der Waals surface area contributed by atoms with Crippen molar-refractivity contribution in [1.82, 2.24) is 10.3 Å². The van der Waals surface area contributed by atoms with Gasteiger partial charge in [0.1, 0.15) is 0 Å². The van der Waals surface area contributed by atoms with Gasteiger partial charge in [0.2, 0.25) is 0 Å². The minimum Gasteiger partial charge on any atom is -0.466 e. The Labute approximate surface area is 186 Å². The van der Waals surface area contributed by atoms with Crippen molar-refractivity contribution in [3.8, 4) is 11.3 Å². The number of aromatic nitrogens is 1. The van der Waals surface area contributed by atoms with Crippen molar-refractivity contribution in [3.05, 3.63) is 48.2 Å². The van der Waals surface area contributed by atoms with Crippen molar-refractivity contribution >= 4 is 17.7 Å². The number of anilines is 1. The van der Waals surface area contributed by atoms with E-state index in [-0.39, 0.29) is 12.0 Å². The lowest BCUT2D eigenvalue weighted by Gasteiger charge is -2.19. The monoisotopic (exact) mass is 425 g/mol. The fourth-order valence-corrected chi connectivity index (χ4v) is 3.26. The van der Waals surface area contributed by atoms with Gasteiger partial charge in [-0.1, -0.05) is 50.8 Å². The quantitative estimate of drug-likeness (QED) is 0.367. The SMILES string of the molecule is CCCCCCCNC(=O)N(C)c1cccc(-c2ccc(CCC(=O)OCC)cn2)c1. The van der Waals surface area contributed by atoms with Crippen LogP contribution in [-0.2, 0) is 16.0 Å². The second-order valence-corrected chi connectivity index (χ2v) is 7.61. The maximum Gasteiger partial charge on any atom is 0.321 e. The van der Waals surface area contributed by atoms with Crippen LogP contribution in [0.5, 0.6) is 0 Å². The second-order valence-electron chi connectivity index (χ2n) is 7.61. The zero-order valence-electron chi connectivity index (χ0n) is 19.0. The summed E-state index contributed by atoms with van der Waals surface area (Å²) >= 11 is 0. The number of hydrogen-bond acceptors (Lipinski definition) is 4. The maximum atomic E-state index is 12.5. The number of unbranched alkanes of at least 4 members (excludes halogenated alkanes) is 4. The molecule has 0 aliphatic rings. The number of amides is 2. The topological polar surface area (TPSA) is 71.5 Å². The summed E-state index contributed by atoms with van der Waals surface area (Å²) in [4.78, 5) is 30.1. The highest BCUT2D eigenvalue weighted by Gasteiger charge is 2.11. The number of pyridine rings is 1. The molecule has 2 aromatic rings. The van der Waals surface area contributed by atoms with Gasteiger partial charge in [-0.15, -0.1) is 0 Å². The van der Waals surface area contributed by atoms with Crippen molar-refractivity contribution in [2.75, 3.05) is 25.1 Å². The van der Waals surface area contributed by atoms with Crippen molar-refractivity contribution in [1.29, 1.82) is 0 Å². The lowest BCUT2D eigenvalue weighted by Crippen LogP contribution is -2.37. The first-order valence-corrected chi connectivity index (χ1v) is 11.3. The molecule has 0 spiro atoms. The molecule has 6 heteroatoms. The number of carbonyl (C=O) groups is 2. The van der Waals surface area contributed by atoms with E-state index in [2.05, 4.69) is 17.2 Å². The number of hydrogen-bond donors (Lipinski definition) is 1. The zero-order valence-corrected chi connectivity index (χ0v) is 19.0. The van der Waals surface area contributed by atoms with Gasteiger partial charge >= 0.3 is 12.0 Å². The molecule has 0 aliphatic carbocycles. The van der Waals surface area contributed by atoms with Gasteiger partial charge in [0, 0.05) is 37.5 Å². The molecule has 6 nitrogen and oxygen atoms in total. The maximum absolute atomic E-state index is 12.5. The van der Waals surface area contributed by atoms with Gasteiger partial charge in [0.25, 0.3) is 0 Å². The Hall–Kier alpha value is -2.89. The molecule has 0 atom stereocenters. The van der Waals surface area contributed by atoms with E-state index in [1.807, 2.05) is 36.4 Å². The van der Waals surface area contributed by atoms with Gasteiger partial charge in [0.15, 0.2) is 0 Å². The van der Waals surface area contributed by atoms with E-state index in [1.54, 1.807) is 25.1 Å². The highest BCUT2D eigenvalue weighted by atomic mass is 16.5. The summed E-state index contributed by atoms with van der Waals surface area (Å²) in [5.74, 6) is -0.193. The average molecular weight is 426 g/mol. The first kappa shape index (κ1) is 24.4. The van der Waals surface area contributed by atoms with Crippen LogP contribution in [0.1, 0.15) is 57.9 Å². The minimum absolute atomic E-state index is 0.102. The van der Waals surface area contributed by atoms with E-state index in [0.717, 1.165) is 35.3 Å². The number of nitrogens with one attached hydrogen (secondary N) is 1. The Balaban J connectivity index is 1.91. The lowest BCUT2D eigenvalue weighted by molar-refractivity contribution is -0.143. The molecule has 0 unspecified atom stereocenters. The normalized spacial score (nSPS) is 10.5. The van der Waals surface area contributed by atoms with Crippen LogP contribution in [0.2, 0.25) is 0 Å². The molecule has 0 saturated heterocycles. The van der Waals surface area contributed by atoms with E-state index in [0.29, 0.717) is 26.0 Å². The summed E-state index contributed by atoms with van der Waals surface area (Å²) in [5, 5.41) is 2.99. The molecule has 1 aromatic carbocycles. The fraction of sp³-hybridized carbons (Fsp3) is 0.480. The third-order valence-electron chi connectivity index (χ3n) is 5.14. The summed E-state index contributed by atoms with van der Waals surface area (Å²) in [6.07, 6.45) is 8.59. The first-order valence-electron chi connectivity index (χ1n) is 11.3. The van der Waals surface area contributed by atoms with Gasteiger partial charge < -0.3 is 10.1 Å². The van der Waals surface area contributed by atoms with E-state index < -0.39 is 0 Å². The molecule has 0 radical (unpaired) electrons. The number of ether oxygens (including phenoxy) is 1. The molecule has 2 rings (SSSR count). The average Bonchev–Trinajstić information content (AvgIpc) is 2.80. The van der Waals surface area contributed by atoms with Crippen molar-refractivity contribution in [2.45, 2.75) is 58.8 Å². The van der Waals surface area contributed by atoms with Crippen molar-refractivity contribution < 1.29 is 14.3 Å². The zero-order chi connectivity index (χ0) is 22.5. The largest absolute Gasteiger partial charge is 0.466 e. The van der Waals surface area contributed by atoms with E-state index in [4.69, 9.17) is 4.74 Å². The fourth-order valence-electron chi connectivity index (χ4n) is 3.26. The molecule has 1 heterocycles. The van der Waals surface area contributed by atoms with Crippen LogP contribution >= 0.6 is 0 Å². The number of carbonyl (C=O) groups excluding carboxylic acids is 2. The molecule has 168 valence electrons. The van der Waals surface area contributed by atoms with Gasteiger partial charge in [-0.2, -0.15) is 0 Å². The van der Waals surface area contributed by atoms with Crippen LogP contribution in [0.4, 0.5) is 10.5 Å². The standard InChI is InChI=1S/C25H35N3O3/c1-4-6-7-8-9-17-26-25(30)28(3)22-12-10-11-21(18-22)23-15-13-20(19-27-23)14-16-24(29)31-5-2/h10-13,15,18-19H,4-9,14,16-17H2,1-3H3,(H,26,30). The van der Waals surface area contributed by atoms with Gasteiger partial charge in [-0.05, 0) is 43.5 Å². The van der Waals surface area contributed by atoms with Crippen LogP contribution in [-0.4, -0.2) is 37.2 Å². The Morgan fingerprint density at radius 1 is 1.06 bits per heavy atom. The lowest BCUT2D eigenvalue weighted by atomic mass is 10.1. The number of esters is 1. The van der Waals surface area contributed by atoms with E-state index >= 15 is 0 Å². The van der Waals surface area contributed by atoms with Gasteiger partial charge in [-0.25, -0.2) is 4.79 Å². The van der Waals surface area contributed by atoms with Crippen molar-refractivity contribution in [2.24, 2.45) is 0 Å². The number of aryl methyl sites for hydroxylation is 1. The highest BCUT2D eigenvalue weighted by Crippen LogP contribution is 2.23. The molecule has 0 bridgehead atoms. The van der Waals surface area contributed by atoms with Gasteiger partial charge in [-0.3, -0.25) is 14.7 Å². The summed E-state index contributed by atoms with van der Waals surface area (Å²) in [5.41, 5.74) is 3.57. The highest BCUT2D eigenvalue weighted by molar-refractivity contribution is 5.92. The Morgan fingerprint density at radius 3 is 2.58 bits per heavy atom. The molecule has 1 N–H and O–H groups in total. The predicted molar refractivity (Wildman–Crippen MR) is 125 cm³/mol. The van der Waals surface area contributed by atoms with Crippen LogP contribution < -0.4 is 10.2 Å². The molecule has 0 saturated carbocycles. The van der Waals surface area contributed by atoms with E-state index in [1.165, 1.54) is 19.3 Å². The second kappa shape index (κ2) is 13.4. The van der Waals surface area contributed by atoms with Crippen LogP contribution in [0.25, 0.3) is 11.3 Å². The third-order valence-corrected chi connectivity index (χ3v) is 5.14. The summed E-state index contributed by atoms with van der Waals surface area (Å²) in [6, 6.07) is 11.6.